The van der Waals surface area contributed by atoms with Gasteiger partial charge in [0.05, 0.1) is 6.10 Å². The molecular weight excluding hydrogens is 162 g/mol. The fraction of sp³-hybridized carbons (Fsp3) is 0.364. The Bertz CT molecular complexity index is 317. The second kappa shape index (κ2) is 4.08. The Morgan fingerprint density at radius 1 is 1.38 bits per heavy atom. The second-order valence-electron chi connectivity index (χ2n) is 3.28. The van der Waals surface area contributed by atoms with Crippen LogP contribution in [0.4, 0.5) is 0 Å². The molecule has 70 valence electrons. The molecule has 0 radical (unpaired) electrons. The second-order valence-corrected chi connectivity index (χ2v) is 3.28. The molecule has 0 heterocycles. The van der Waals surface area contributed by atoms with E-state index >= 15 is 0 Å². The summed E-state index contributed by atoms with van der Waals surface area (Å²) in [5.74, 6) is 0.849. The Labute approximate surface area is 80.5 Å². The number of hydrogen-bond acceptors (Lipinski definition) is 2. The highest BCUT2D eigenvalue weighted by atomic mass is 16.5. The van der Waals surface area contributed by atoms with Crippen LogP contribution in [-0.4, -0.2) is 11.8 Å². The van der Waals surface area contributed by atoms with Crippen LogP contribution in [0.25, 0.3) is 0 Å². The van der Waals surface area contributed by atoms with E-state index in [4.69, 9.17) is 6.15 Å². The average molecular weight is 179 g/mol. The van der Waals surface area contributed by atoms with Crippen molar-refractivity contribution in [3.8, 4) is 5.75 Å². The Kier molecular flexibility index (Phi) is 2.60. The molecule has 0 saturated carbocycles. The lowest BCUT2D eigenvalue weighted by Crippen LogP contribution is -2.05. The van der Waals surface area contributed by atoms with Gasteiger partial charge in [-0.05, 0) is 50.6 Å². The lowest BCUT2D eigenvalue weighted by atomic mass is 10.1. The summed E-state index contributed by atoms with van der Waals surface area (Å²) >= 11 is 0. The molecule has 2 nitrogen and oxygen atoms in total. The van der Waals surface area contributed by atoms with E-state index < -0.39 is 0 Å². The molecule has 13 heavy (non-hydrogen) atoms. The summed E-state index contributed by atoms with van der Waals surface area (Å²) in [5.41, 5.74) is 1.66. The molecule has 0 aromatic heterocycles. The van der Waals surface area contributed by atoms with Crippen LogP contribution in [-0.2, 0) is 0 Å². The van der Waals surface area contributed by atoms with Gasteiger partial charge in [0.1, 0.15) is 5.75 Å². The Morgan fingerprint density at radius 2 is 2.00 bits per heavy atom. The van der Waals surface area contributed by atoms with Crippen LogP contribution in [0, 0.1) is 5.40 Å². The maximum Gasteiger partial charge on any atom is 0.187 e. The Hall–Kier alpha value is -1.31. The van der Waals surface area contributed by atoms with Crippen molar-refractivity contribution in [2.45, 2.75) is 26.9 Å². The summed E-state index contributed by atoms with van der Waals surface area (Å²) in [6, 6.07) is 7.60. The lowest BCUT2D eigenvalue weighted by Gasteiger charge is -2.09. The van der Waals surface area contributed by atoms with Crippen LogP contribution < -0.4 is 4.74 Å². The normalized spacial score (nSPS) is 12.9. The Balaban J connectivity index is 2.78. The van der Waals surface area contributed by atoms with Crippen LogP contribution in [0.1, 0.15) is 26.3 Å². The van der Waals surface area contributed by atoms with Crippen LogP contribution in [0.2, 0.25) is 1.41 Å². The molecule has 1 N–H and O–H groups in total. The van der Waals surface area contributed by atoms with Gasteiger partial charge in [-0.2, -0.15) is 0 Å². The molecule has 2 heteroatoms. The molecular formula is C11H15NO. The third-order valence-electron chi connectivity index (χ3n) is 1.64. The maximum atomic E-state index is 6.87. The van der Waals surface area contributed by atoms with E-state index in [1.54, 1.807) is 0 Å². The topological polar surface area (TPSA) is 33.1 Å². The lowest BCUT2D eigenvalue weighted by molar-refractivity contribution is 0.242. The van der Waals surface area contributed by atoms with Crippen LogP contribution in [0.3, 0.4) is 0 Å². The van der Waals surface area contributed by atoms with Gasteiger partial charge in [-0.25, -0.2) is 0 Å². The van der Waals surface area contributed by atoms with Crippen LogP contribution >= 0.6 is 0 Å². The molecule has 0 atom stereocenters. The molecule has 0 fully saturated rings. The molecule has 0 amide bonds. The molecule has 0 saturated heterocycles. The Morgan fingerprint density at radius 3 is 2.46 bits per heavy atom. The highest BCUT2D eigenvalue weighted by Crippen LogP contribution is 2.13. The smallest absolute Gasteiger partial charge is 0.187 e. The van der Waals surface area contributed by atoms with Crippen LogP contribution in [0.5, 0.6) is 5.75 Å². The molecule has 1 aromatic rings. The molecule has 0 aliphatic carbocycles. The summed E-state index contributed by atoms with van der Waals surface area (Å²) in [7, 11) is 0. The van der Waals surface area contributed by atoms with Gasteiger partial charge < -0.3 is 10.1 Å². The van der Waals surface area contributed by atoms with E-state index in [2.05, 4.69) is 5.40 Å². The molecule has 0 aliphatic heterocycles. The minimum atomic E-state index is 0.187. The van der Waals surface area contributed by atoms with Crippen molar-refractivity contribution in [1.82, 2.24) is 0 Å². The third kappa shape index (κ3) is 2.90. The highest BCUT2D eigenvalue weighted by Gasteiger charge is 1.98. The van der Waals surface area contributed by atoms with Crippen molar-refractivity contribution >= 4 is 5.71 Å². The first-order chi connectivity index (χ1) is 6.63. The van der Waals surface area contributed by atoms with E-state index in [0.29, 0.717) is 5.71 Å². The standard InChI is InChI=1S/C11H15NO/c1-8(2)13-11-6-4-10(5-7-11)9(3)12/h4-8,12H,1-3H3/i/hT. The van der Waals surface area contributed by atoms with Crippen molar-refractivity contribution < 1.29 is 6.15 Å². The van der Waals surface area contributed by atoms with Crippen LogP contribution in [0.15, 0.2) is 24.3 Å². The van der Waals surface area contributed by atoms with Gasteiger partial charge >= 0.3 is 0 Å². The van der Waals surface area contributed by atoms with E-state index in [9.17, 15) is 0 Å². The fourth-order valence-electron chi connectivity index (χ4n) is 1.05. The quantitative estimate of drug-likeness (QED) is 0.711. The van der Waals surface area contributed by atoms with Crippen molar-refractivity contribution in [1.29, 1.82) is 5.40 Å². The monoisotopic (exact) mass is 179 g/mol. The number of rotatable bonds is 3. The third-order valence-corrected chi connectivity index (χ3v) is 1.64. The zero-order chi connectivity index (χ0) is 10.6. The predicted molar refractivity (Wildman–Crippen MR) is 54.7 cm³/mol. The highest BCUT2D eigenvalue weighted by molar-refractivity contribution is 5.96. The molecule has 0 spiro atoms. The first-order valence-corrected chi connectivity index (χ1v) is 4.39. The maximum absolute atomic E-state index is 6.87. The van der Waals surface area contributed by atoms with Gasteiger partial charge in [0.15, 0.2) is 1.41 Å². The first-order valence-electron chi connectivity index (χ1n) is 4.84. The van der Waals surface area contributed by atoms with Crippen molar-refractivity contribution in [3.05, 3.63) is 29.8 Å². The van der Waals surface area contributed by atoms with E-state index in [1.165, 1.54) is 0 Å². The summed E-state index contributed by atoms with van der Waals surface area (Å²) in [6.07, 6.45) is 0.187. The molecule has 0 unspecified atom stereocenters. The summed E-state index contributed by atoms with van der Waals surface area (Å²) in [4.78, 5) is 0. The number of ether oxygens (including phenoxy) is 1. The first kappa shape index (κ1) is 8.30. The van der Waals surface area contributed by atoms with Crippen molar-refractivity contribution in [2.24, 2.45) is 0 Å². The minimum absolute atomic E-state index is 0.187. The van der Waals surface area contributed by atoms with Gasteiger partial charge in [-0.1, -0.05) is 0 Å². The predicted octanol–water partition coefficient (Wildman–Crippen LogP) is 2.86. The van der Waals surface area contributed by atoms with Gasteiger partial charge in [0.25, 0.3) is 0 Å². The average Bonchev–Trinajstić information content (AvgIpc) is 2.17. The summed E-state index contributed by atoms with van der Waals surface area (Å²) in [6.45, 7) is 5.79. The van der Waals surface area contributed by atoms with Crippen molar-refractivity contribution in [3.63, 3.8) is 0 Å². The van der Waals surface area contributed by atoms with Gasteiger partial charge in [0.2, 0.25) is 0 Å². The van der Waals surface area contributed by atoms with E-state index in [1.807, 2.05) is 45.0 Å². The number of benzene rings is 1. The largest absolute Gasteiger partial charge is 0.491 e. The number of nitrogens with one attached hydrogen (secondary N) is 1. The van der Waals surface area contributed by atoms with E-state index in [0.717, 1.165) is 11.3 Å². The van der Waals surface area contributed by atoms with E-state index in [-0.39, 0.29) is 6.10 Å². The zero-order valence-corrected chi connectivity index (χ0v) is 8.24. The SMILES string of the molecule is [3H]N=C(C)c1ccc(OC(C)C)cc1. The van der Waals surface area contributed by atoms with Gasteiger partial charge in [-0.15, -0.1) is 0 Å². The molecule has 0 bridgehead atoms. The van der Waals surface area contributed by atoms with Gasteiger partial charge in [-0.3, -0.25) is 0 Å². The van der Waals surface area contributed by atoms with Gasteiger partial charge in [0, 0.05) is 5.71 Å². The number of hydrogen-bond donors (Lipinski definition) is 1. The molecule has 0 aliphatic rings. The summed E-state index contributed by atoms with van der Waals surface area (Å²) < 4.78 is 12.4. The minimum Gasteiger partial charge on any atom is -0.491 e. The summed E-state index contributed by atoms with van der Waals surface area (Å²) in [5, 5.41) is 3.38. The fourth-order valence-corrected chi connectivity index (χ4v) is 1.05. The van der Waals surface area contributed by atoms with Crippen molar-refractivity contribution in [2.75, 3.05) is 0 Å². The molecule has 1 rings (SSSR count). The molecule has 1 aromatic carbocycles. The zero-order valence-electron chi connectivity index (χ0n) is 9.24.